The Balaban J connectivity index is 2.34. The average Bonchev–Trinajstić information content (AvgIpc) is 2.70. The van der Waals surface area contributed by atoms with Gasteiger partial charge < -0.3 is 10.4 Å². The highest BCUT2D eigenvalue weighted by Crippen LogP contribution is 2.36. The zero-order valence-electron chi connectivity index (χ0n) is 8.83. The van der Waals surface area contributed by atoms with Gasteiger partial charge in [0.2, 0.25) is 0 Å². The Morgan fingerprint density at radius 2 is 2.33 bits per heavy atom. The molecule has 2 rings (SSSR count). The Kier molecular flexibility index (Phi) is 2.91. The summed E-state index contributed by atoms with van der Waals surface area (Å²) in [6, 6.07) is 5.35. The Morgan fingerprint density at radius 3 is 2.93 bits per heavy atom. The fraction of sp³-hybridized carbons (Fsp3) is 0.500. The molecular formula is C12H16FNO. The second kappa shape index (κ2) is 4.19. The van der Waals surface area contributed by atoms with E-state index >= 15 is 0 Å². The Morgan fingerprint density at radius 1 is 1.53 bits per heavy atom. The fourth-order valence-electron chi connectivity index (χ4n) is 2.15. The molecule has 0 bridgehead atoms. The minimum atomic E-state index is -1.11. The molecule has 1 saturated heterocycles. The van der Waals surface area contributed by atoms with Crippen molar-refractivity contribution in [1.29, 1.82) is 0 Å². The third kappa shape index (κ3) is 1.97. The number of hydrogen-bond donors (Lipinski definition) is 2. The summed E-state index contributed by atoms with van der Waals surface area (Å²) in [6.07, 6.45) is -0.100. The van der Waals surface area contributed by atoms with Crippen molar-refractivity contribution in [2.24, 2.45) is 0 Å². The number of alkyl halides is 1. The number of hydrogen-bond acceptors (Lipinski definition) is 2. The van der Waals surface area contributed by atoms with Gasteiger partial charge in [0.05, 0.1) is 0 Å². The van der Waals surface area contributed by atoms with Crippen molar-refractivity contribution in [2.45, 2.75) is 25.4 Å². The number of para-hydroxylation sites is 1. The molecule has 82 valence electrons. The van der Waals surface area contributed by atoms with Crippen molar-refractivity contribution >= 4 is 0 Å². The van der Waals surface area contributed by atoms with Crippen molar-refractivity contribution < 1.29 is 9.50 Å². The van der Waals surface area contributed by atoms with Gasteiger partial charge in [0.25, 0.3) is 0 Å². The maximum absolute atomic E-state index is 13.2. The number of aromatic hydroxyl groups is 1. The monoisotopic (exact) mass is 209 g/mol. The minimum absolute atomic E-state index is 0.140. The van der Waals surface area contributed by atoms with Crippen molar-refractivity contribution in [3.05, 3.63) is 29.3 Å². The van der Waals surface area contributed by atoms with Crippen LogP contribution in [0.4, 0.5) is 4.39 Å². The van der Waals surface area contributed by atoms with E-state index in [4.69, 9.17) is 0 Å². The number of halogens is 1. The molecule has 1 aliphatic heterocycles. The zero-order chi connectivity index (χ0) is 10.8. The molecule has 1 aromatic carbocycles. The van der Waals surface area contributed by atoms with Gasteiger partial charge in [0.15, 0.2) is 0 Å². The van der Waals surface area contributed by atoms with Gasteiger partial charge in [-0.15, -0.1) is 0 Å². The maximum Gasteiger partial charge on any atom is 0.126 e. The van der Waals surface area contributed by atoms with Gasteiger partial charge in [-0.3, -0.25) is 0 Å². The van der Waals surface area contributed by atoms with Gasteiger partial charge in [-0.25, -0.2) is 4.39 Å². The molecule has 1 aliphatic rings. The summed E-state index contributed by atoms with van der Waals surface area (Å²) < 4.78 is 13.2. The third-order valence-electron chi connectivity index (χ3n) is 3.03. The topological polar surface area (TPSA) is 32.3 Å². The molecule has 0 saturated carbocycles. The summed E-state index contributed by atoms with van der Waals surface area (Å²) in [5, 5.41) is 13.2. The van der Waals surface area contributed by atoms with E-state index in [1.54, 1.807) is 6.07 Å². The minimum Gasteiger partial charge on any atom is -0.507 e. The second-order valence-electron chi connectivity index (χ2n) is 4.09. The number of phenolic OH excluding ortho intramolecular Hbond substituents is 1. The summed E-state index contributed by atoms with van der Waals surface area (Å²) in [6.45, 7) is 3.29. The standard InChI is InChI=1S/C12H16FNO/c1-8(13)10-3-2-4-11(12(10)15)9-5-6-14-7-9/h2-4,8-9,14-15H,5-7H2,1H3. The van der Waals surface area contributed by atoms with E-state index < -0.39 is 6.17 Å². The van der Waals surface area contributed by atoms with Crippen LogP contribution in [0.25, 0.3) is 0 Å². The first kappa shape index (κ1) is 10.4. The van der Waals surface area contributed by atoms with Crippen LogP contribution in [0, 0.1) is 0 Å². The van der Waals surface area contributed by atoms with Crippen LogP contribution >= 0.6 is 0 Å². The molecule has 3 heteroatoms. The zero-order valence-corrected chi connectivity index (χ0v) is 8.83. The molecule has 2 nitrogen and oxygen atoms in total. The van der Waals surface area contributed by atoms with E-state index in [9.17, 15) is 9.50 Å². The highest BCUT2D eigenvalue weighted by Gasteiger charge is 2.22. The van der Waals surface area contributed by atoms with E-state index in [-0.39, 0.29) is 5.75 Å². The first-order valence-electron chi connectivity index (χ1n) is 5.36. The molecule has 1 aromatic rings. The molecule has 0 amide bonds. The van der Waals surface area contributed by atoms with Crippen LogP contribution in [0.5, 0.6) is 5.75 Å². The van der Waals surface area contributed by atoms with Crippen LogP contribution in [0.3, 0.4) is 0 Å². The van der Waals surface area contributed by atoms with Gasteiger partial charge in [-0.05, 0) is 25.5 Å². The van der Waals surface area contributed by atoms with Crippen LogP contribution in [-0.2, 0) is 0 Å². The number of rotatable bonds is 2. The van der Waals surface area contributed by atoms with Gasteiger partial charge in [-0.2, -0.15) is 0 Å². The molecule has 2 N–H and O–H groups in total. The van der Waals surface area contributed by atoms with Crippen molar-refractivity contribution in [3.63, 3.8) is 0 Å². The number of benzene rings is 1. The molecular weight excluding hydrogens is 193 g/mol. The summed E-state index contributed by atoms with van der Waals surface area (Å²) in [4.78, 5) is 0. The number of phenols is 1. The first-order chi connectivity index (χ1) is 7.20. The summed E-state index contributed by atoms with van der Waals surface area (Å²) >= 11 is 0. The second-order valence-corrected chi connectivity index (χ2v) is 4.09. The van der Waals surface area contributed by atoms with Crippen molar-refractivity contribution in [3.8, 4) is 5.75 Å². The van der Waals surface area contributed by atoms with Gasteiger partial charge in [0.1, 0.15) is 11.9 Å². The van der Waals surface area contributed by atoms with Crippen LogP contribution < -0.4 is 5.32 Å². The Hall–Kier alpha value is -1.09. The predicted octanol–water partition coefficient (Wildman–Crippen LogP) is 2.50. The van der Waals surface area contributed by atoms with Gasteiger partial charge in [0, 0.05) is 18.0 Å². The number of nitrogens with one attached hydrogen (secondary N) is 1. The smallest absolute Gasteiger partial charge is 0.126 e. The molecule has 0 aliphatic carbocycles. The molecule has 0 radical (unpaired) electrons. The first-order valence-corrected chi connectivity index (χ1v) is 5.36. The van der Waals surface area contributed by atoms with Gasteiger partial charge >= 0.3 is 0 Å². The summed E-state index contributed by atoms with van der Waals surface area (Å²) in [7, 11) is 0. The molecule has 15 heavy (non-hydrogen) atoms. The summed E-state index contributed by atoms with van der Waals surface area (Å²) in [5.41, 5.74) is 1.28. The molecule has 2 atom stereocenters. The average molecular weight is 209 g/mol. The Bertz CT molecular complexity index is 345. The highest BCUT2D eigenvalue weighted by molar-refractivity contribution is 5.44. The van der Waals surface area contributed by atoms with Crippen LogP contribution in [0.2, 0.25) is 0 Å². The SMILES string of the molecule is CC(F)c1cccc(C2CCNC2)c1O. The Labute approximate surface area is 89.1 Å². The molecule has 0 aromatic heterocycles. The quantitative estimate of drug-likeness (QED) is 0.784. The molecule has 0 spiro atoms. The van der Waals surface area contributed by atoms with Crippen LogP contribution in [0.1, 0.15) is 36.6 Å². The van der Waals surface area contributed by atoms with E-state index in [0.29, 0.717) is 11.5 Å². The third-order valence-corrected chi connectivity index (χ3v) is 3.03. The van der Waals surface area contributed by atoms with Crippen LogP contribution in [-0.4, -0.2) is 18.2 Å². The lowest BCUT2D eigenvalue weighted by molar-refractivity contribution is 0.354. The van der Waals surface area contributed by atoms with Crippen LogP contribution in [0.15, 0.2) is 18.2 Å². The van der Waals surface area contributed by atoms with E-state index in [0.717, 1.165) is 25.1 Å². The predicted molar refractivity (Wildman–Crippen MR) is 57.9 cm³/mol. The molecule has 1 fully saturated rings. The van der Waals surface area contributed by atoms with E-state index in [2.05, 4.69) is 5.32 Å². The highest BCUT2D eigenvalue weighted by atomic mass is 19.1. The summed E-state index contributed by atoms with van der Waals surface area (Å²) in [5.74, 6) is 0.463. The largest absolute Gasteiger partial charge is 0.507 e. The van der Waals surface area contributed by atoms with Crippen molar-refractivity contribution in [1.82, 2.24) is 5.32 Å². The van der Waals surface area contributed by atoms with E-state index in [1.807, 2.05) is 12.1 Å². The van der Waals surface area contributed by atoms with Crippen molar-refractivity contribution in [2.75, 3.05) is 13.1 Å². The lowest BCUT2D eigenvalue weighted by atomic mass is 9.94. The van der Waals surface area contributed by atoms with E-state index in [1.165, 1.54) is 6.92 Å². The normalized spacial score (nSPS) is 22.9. The maximum atomic E-state index is 13.2. The lowest BCUT2D eigenvalue weighted by Gasteiger charge is -2.14. The fourth-order valence-corrected chi connectivity index (χ4v) is 2.15. The lowest BCUT2D eigenvalue weighted by Crippen LogP contribution is -2.08. The molecule has 2 unspecified atom stereocenters. The van der Waals surface area contributed by atoms with Gasteiger partial charge in [-0.1, -0.05) is 18.2 Å². The molecule has 1 heterocycles.